The van der Waals surface area contributed by atoms with Gasteiger partial charge in [0.2, 0.25) is 5.82 Å². The second-order valence-corrected chi connectivity index (χ2v) is 2.85. The van der Waals surface area contributed by atoms with Crippen molar-refractivity contribution in [2.24, 2.45) is 5.73 Å². The zero-order chi connectivity index (χ0) is 10.7. The van der Waals surface area contributed by atoms with Crippen molar-refractivity contribution in [1.82, 2.24) is 0 Å². The van der Waals surface area contributed by atoms with E-state index in [2.05, 4.69) is 17.5 Å². The molecule has 3 N–H and O–H groups in total. The number of anilines is 1. The number of nitrogens with one attached hydrogen (secondary N) is 1. The smallest absolute Gasteiger partial charge is 0.304 e. The highest BCUT2D eigenvalue weighted by molar-refractivity contribution is 7.80. The molecule has 1 aromatic rings. The summed E-state index contributed by atoms with van der Waals surface area (Å²) in [5.74, 6) is -0.934. The maximum Gasteiger partial charge on any atom is 0.304 e. The Morgan fingerprint density at radius 3 is 2.71 bits per heavy atom. The Labute approximate surface area is 83.9 Å². The zero-order valence-electron chi connectivity index (χ0n) is 6.86. The van der Waals surface area contributed by atoms with E-state index in [1.807, 2.05) is 0 Å². The number of nitrogens with two attached hydrogens (primary N) is 1. The number of nitrogens with zero attached hydrogens (tertiary/aromatic N) is 1. The molecule has 0 saturated heterocycles. The Morgan fingerprint density at radius 2 is 2.29 bits per heavy atom. The predicted molar refractivity (Wildman–Crippen MR) is 53.5 cm³/mol. The molecule has 1 rings (SSSR count). The standard InChI is InChI=1S/C7H6FN3O2S/c8-5-3-4(10-7(9)14)1-2-6(5)11(12)13/h1-3H,(H3,9,10,14). The van der Waals surface area contributed by atoms with Crippen LogP contribution >= 0.6 is 12.2 Å². The number of halogens is 1. The molecule has 0 atom stereocenters. The van der Waals surface area contributed by atoms with E-state index in [0.717, 1.165) is 12.1 Å². The lowest BCUT2D eigenvalue weighted by Gasteiger charge is -2.02. The Kier molecular flexibility index (Phi) is 2.92. The number of nitro benzene ring substituents is 1. The third kappa shape index (κ3) is 2.36. The summed E-state index contributed by atoms with van der Waals surface area (Å²) in [4.78, 5) is 9.44. The summed E-state index contributed by atoms with van der Waals surface area (Å²) in [6.45, 7) is 0. The first-order chi connectivity index (χ1) is 6.50. The molecule has 14 heavy (non-hydrogen) atoms. The molecule has 5 nitrogen and oxygen atoms in total. The average molecular weight is 215 g/mol. The van der Waals surface area contributed by atoms with Crippen LogP contribution in [-0.4, -0.2) is 10.0 Å². The van der Waals surface area contributed by atoms with Crippen molar-refractivity contribution >= 4 is 28.7 Å². The average Bonchev–Trinajstić information content (AvgIpc) is 2.01. The van der Waals surface area contributed by atoms with E-state index in [-0.39, 0.29) is 10.8 Å². The number of benzene rings is 1. The maximum atomic E-state index is 13.0. The highest BCUT2D eigenvalue weighted by Crippen LogP contribution is 2.20. The van der Waals surface area contributed by atoms with Gasteiger partial charge in [-0.25, -0.2) is 0 Å². The molecule has 0 aliphatic rings. The van der Waals surface area contributed by atoms with Crippen LogP contribution in [0.1, 0.15) is 0 Å². The molecule has 0 unspecified atom stereocenters. The van der Waals surface area contributed by atoms with Gasteiger partial charge in [0, 0.05) is 17.8 Å². The molecule has 0 bridgehead atoms. The lowest BCUT2D eigenvalue weighted by atomic mass is 10.3. The number of hydrogen-bond donors (Lipinski definition) is 2. The molecule has 1 aromatic carbocycles. The van der Waals surface area contributed by atoms with E-state index in [1.165, 1.54) is 6.07 Å². The summed E-state index contributed by atoms with van der Waals surface area (Å²) in [5.41, 5.74) is 4.83. The third-order valence-electron chi connectivity index (χ3n) is 1.41. The summed E-state index contributed by atoms with van der Waals surface area (Å²) in [7, 11) is 0. The molecule has 0 spiro atoms. The minimum absolute atomic E-state index is 0.0294. The first kappa shape index (κ1) is 10.3. The summed E-state index contributed by atoms with van der Waals surface area (Å²) >= 11 is 4.52. The maximum absolute atomic E-state index is 13.0. The van der Waals surface area contributed by atoms with Gasteiger partial charge in [-0.3, -0.25) is 10.1 Å². The van der Waals surface area contributed by atoms with E-state index in [9.17, 15) is 14.5 Å². The largest absolute Gasteiger partial charge is 0.376 e. The van der Waals surface area contributed by atoms with E-state index >= 15 is 0 Å². The molecule has 0 saturated carbocycles. The van der Waals surface area contributed by atoms with Crippen LogP contribution < -0.4 is 11.1 Å². The third-order valence-corrected chi connectivity index (χ3v) is 1.51. The van der Waals surface area contributed by atoms with Crippen molar-refractivity contribution in [3.05, 3.63) is 34.1 Å². The van der Waals surface area contributed by atoms with Crippen molar-refractivity contribution in [1.29, 1.82) is 0 Å². The molecule has 0 fully saturated rings. The molecule has 74 valence electrons. The second-order valence-electron chi connectivity index (χ2n) is 2.41. The Hall–Kier alpha value is -1.76. The molecule has 0 amide bonds. The molecule has 0 heterocycles. The van der Waals surface area contributed by atoms with Crippen LogP contribution in [0.15, 0.2) is 18.2 Å². The van der Waals surface area contributed by atoms with Gasteiger partial charge in [-0.2, -0.15) is 4.39 Å². The number of hydrogen-bond acceptors (Lipinski definition) is 3. The summed E-state index contributed by atoms with van der Waals surface area (Å²) in [5, 5.41) is 12.7. The van der Waals surface area contributed by atoms with Crippen LogP contribution in [0.3, 0.4) is 0 Å². The molecule has 0 radical (unpaired) electrons. The van der Waals surface area contributed by atoms with Crippen molar-refractivity contribution in [2.45, 2.75) is 0 Å². The van der Waals surface area contributed by atoms with Crippen molar-refractivity contribution in [3.8, 4) is 0 Å². The fourth-order valence-electron chi connectivity index (χ4n) is 0.875. The SMILES string of the molecule is NC(=S)Nc1ccc([N+](=O)[O-])c(F)c1. The lowest BCUT2D eigenvalue weighted by Crippen LogP contribution is -2.18. The second kappa shape index (κ2) is 3.97. The van der Waals surface area contributed by atoms with Gasteiger partial charge in [-0.15, -0.1) is 0 Å². The van der Waals surface area contributed by atoms with Crippen LogP contribution in [0.4, 0.5) is 15.8 Å². The van der Waals surface area contributed by atoms with E-state index < -0.39 is 16.4 Å². The van der Waals surface area contributed by atoms with E-state index in [0.29, 0.717) is 0 Å². The van der Waals surface area contributed by atoms with Crippen LogP contribution in [0.25, 0.3) is 0 Å². The lowest BCUT2D eigenvalue weighted by molar-refractivity contribution is -0.387. The van der Waals surface area contributed by atoms with Gasteiger partial charge in [0.05, 0.1) is 4.92 Å². The van der Waals surface area contributed by atoms with Gasteiger partial charge in [0.25, 0.3) is 0 Å². The molecular weight excluding hydrogens is 209 g/mol. The molecule has 0 aliphatic carbocycles. The van der Waals surface area contributed by atoms with Gasteiger partial charge < -0.3 is 11.1 Å². The first-order valence-electron chi connectivity index (χ1n) is 3.51. The molecule has 0 aliphatic heterocycles. The zero-order valence-corrected chi connectivity index (χ0v) is 7.68. The highest BCUT2D eigenvalue weighted by atomic mass is 32.1. The summed E-state index contributed by atoms with van der Waals surface area (Å²) in [6.07, 6.45) is 0. The minimum Gasteiger partial charge on any atom is -0.376 e. The topological polar surface area (TPSA) is 81.2 Å². The normalized spacial score (nSPS) is 9.50. The Bertz CT molecular complexity index is 397. The van der Waals surface area contributed by atoms with Crippen LogP contribution in [0, 0.1) is 15.9 Å². The number of thiocarbonyl (C=S) groups is 1. The predicted octanol–water partition coefficient (Wildman–Crippen LogP) is 1.39. The van der Waals surface area contributed by atoms with Crippen LogP contribution in [0.5, 0.6) is 0 Å². The number of nitro groups is 1. The monoisotopic (exact) mass is 215 g/mol. The number of rotatable bonds is 2. The molecule has 7 heteroatoms. The van der Waals surface area contributed by atoms with Crippen molar-refractivity contribution < 1.29 is 9.31 Å². The molecular formula is C7H6FN3O2S. The van der Waals surface area contributed by atoms with Gasteiger partial charge in [0.15, 0.2) is 5.11 Å². The molecule has 0 aromatic heterocycles. The van der Waals surface area contributed by atoms with Gasteiger partial charge in [-0.1, -0.05) is 0 Å². The fourth-order valence-corrected chi connectivity index (χ4v) is 0.993. The Morgan fingerprint density at radius 1 is 1.64 bits per heavy atom. The quantitative estimate of drug-likeness (QED) is 0.442. The van der Waals surface area contributed by atoms with Crippen molar-refractivity contribution in [3.63, 3.8) is 0 Å². The van der Waals surface area contributed by atoms with Crippen LogP contribution in [-0.2, 0) is 0 Å². The summed E-state index contributed by atoms with van der Waals surface area (Å²) in [6, 6.07) is 3.31. The fraction of sp³-hybridized carbons (Fsp3) is 0. The summed E-state index contributed by atoms with van der Waals surface area (Å²) < 4.78 is 13.0. The van der Waals surface area contributed by atoms with Crippen LogP contribution in [0.2, 0.25) is 0 Å². The van der Waals surface area contributed by atoms with Gasteiger partial charge in [0.1, 0.15) is 0 Å². The Balaban J connectivity index is 3.00. The first-order valence-corrected chi connectivity index (χ1v) is 3.92. The van der Waals surface area contributed by atoms with E-state index in [4.69, 9.17) is 5.73 Å². The minimum atomic E-state index is -0.934. The van der Waals surface area contributed by atoms with Gasteiger partial charge in [-0.05, 0) is 18.3 Å². The van der Waals surface area contributed by atoms with Crippen molar-refractivity contribution in [2.75, 3.05) is 5.32 Å². The van der Waals surface area contributed by atoms with Gasteiger partial charge >= 0.3 is 5.69 Å². The van der Waals surface area contributed by atoms with E-state index in [1.54, 1.807) is 0 Å². The highest BCUT2D eigenvalue weighted by Gasteiger charge is 2.13.